The quantitative estimate of drug-likeness (QED) is 0.885. The van der Waals surface area contributed by atoms with Gasteiger partial charge in [-0.2, -0.15) is 4.98 Å². The molecule has 1 heterocycles. The van der Waals surface area contributed by atoms with Crippen LogP contribution in [0.4, 0.5) is 4.39 Å². The summed E-state index contributed by atoms with van der Waals surface area (Å²) in [5.41, 5.74) is 6.60. The van der Waals surface area contributed by atoms with Crippen molar-refractivity contribution < 1.29 is 8.91 Å². The number of rotatable bonds is 2. The fourth-order valence-corrected chi connectivity index (χ4v) is 3.05. The minimum absolute atomic E-state index is 0.324. The second-order valence-corrected chi connectivity index (χ2v) is 6.75. The van der Waals surface area contributed by atoms with E-state index in [1.807, 2.05) is 0 Å². The molecule has 2 N–H and O–H groups in total. The van der Waals surface area contributed by atoms with Gasteiger partial charge >= 0.3 is 0 Å². The molecule has 0 bridgehead atoms. The van der Waals surface area contributed by atoms with Gasteiger partial charge in [0.2, 0.25) is 0 Å². The van der Waals surface area contributed by atoms with Crippen molar-refractivity contribution in [2.75, 3.05) is 0 Å². The van der Waals surface area contributed by atoms with Crippen LogP contribution in [0.25, 0.3) is 11.5 Å². The molecule has 4 nitrogen and oxygen atoms in total. The molecule has 0 amide bonds. The Hall–Kier alpha value is -1.27. The molecule has 1 aromatic heterocycles. The van der Waals surface area contributed by atoms with Crippen molar-refractivity contribution >= 4 is 15.9 Å². The maximum absolute atomic E-state index is 13.3. The van der Waals surface area contributed by atoms with E-state index in [-0.39, 0.29) is 5.82 Å². The monoisotopic (exact) mass is 353 g/mol. The fraction of sp³-hybridized carbons (Fsp3) is 0.467. The van der Waals surface area contributed by atoms with Crippen LogP contribution in [0.3, 0.4) is 0 Å². The summed E-state index contributed by atoms with van der Waals surface area (Å²) in [5.74, 6) is 1.29. The van der Waals surface area contributed by atoms with E-state index >= 15 is 0 Å². The lowest BCUT2D eigenvalue weighted by Gasteiger charge is -2.33. The molecule has 6 heteroatoms. The Morgan fingerprint density at radius 2 is 2.10 bits per heavy atom. The minimum atomic E-state index is -0.508. The van der Waals surface area contributed by atoms with Crippen molar-refractivity contribution in [2.45, 2.75) is 38.1 Å². The lowest BCUT2D eigenvalue weighted by molar-refractivity contribution is 0.230. The molecule has 0 aliphatic heterocycles. The lowest BCUT2D eigenvalue weighted by atomic mass is 9.77. The molecule has 0 spiro atoms. The van der Waals surface area contributed by atoms with Crippen molar-refractivity contribution in [2.24, 2.45) is 11.7 Å². The number of nitrogens with zero attached hydrogens (tertiary/aromatic N) is 2. The molecule has 1 aliphatic rings. The summed E-state index contributed by atoms with van der Waals surface area (Å²) in [6.45, 7) is 2.23. The first-order valence-electron chi connectivity index (χ1n) is 7.06. The molecular formula is C15H17BrFN3O. The smallest absolute Gasteiger partial charge is 0.258 e. The summed E-state index contributed by atoms with van der Waals surface area (Å²) in [7, 11) is 0. The average molecular weight is 354 g/mol. The van der Waals surface area contributed by atoms with Crippen LogP contribution in [0.5, 0.6) is 0 Å². The first kappa shape index (κ1) is 14.7. The number of aromatic nitrogens is 2. The standard InChI is InChI=1S/C15H17BrFN3O/c1-9-4-6-15(18,7-5-9)14-19-13(21-20-14)10-2-3-12(17)11(16)8-10/h2-3,8-9H,4-7,18H2,1H3. The average Bonchev–Trinajstić information content (AvgIpc) is 2.96. The summed E-state index contributed by atoms with van der Waals surface area (Å²) in [5, 5.41) is 4.04. The second-order valence-electron chi connectivity index (χ2n) is 5.89. The second kappa shape index (κ2) is 5.50. The molecule has 3 rings (SSSR count). The zero-order valence-electron chi connectivity index (χ0n) is 11.8. The van der Waals surface area contributed by atoms with Crippen molar-refractivity contribution in [1.29, 1.82) is 0 Å². The normalized spacial score (nSPS) is 26.0. The third-order valence-corrected chi connectivity index (χ3v) is 4.81. The van der Waals surface area contributed by atoms with E-state index in [2.05, 4.69) is 33.0 Å². The number of nitrogens with two attached hydrogens (primary N) is 1. The van der Waals surface area contributed by atoms with E-state index in [1.165, 1.54) is 6.07 Å². The van der Waals surface area contributed by atoms with E-state index in [9.17, 15) is 4.39 Å². The summed E-state index contributed by atoms with van der Waals surface area (Å²) in [6, 6.07) is 4.60. The van der Waals surface area contributed by atoms with Crippen molar-refractivity contribution in [3.05, 3.63) is 34.3 Å². The number of hydrogen-bond acceptors (Lipinski definition) is 4. The van der Waals surface area contributed by atoms with E-state index < -0.39 is 5.54 Å². The summed E-state index contributed by atoms with van der Waals surface area (Å²) in [4.78, 5) is 4.43. The van der Waals surface area contributed by atoms with Crippen molar-refractivity contribution in [3.63, 3.8) is 0 Å². The molecule has 2 aromatic rings. The highest BCUT2D eigenvalue weighted by Gasteiger charge is 2.36. The molecule has 1 aromatic carbocycles. The zero-order valence-corrected chi connectivity index (χ0v) is 13.4. The summed E-state index contributed by atoms with van der Waals surface area (Å²) >= 11 is 3.15. The van der Waals surface area contributed by atoms with Gasteiger partial charge in [-0.25, -0.2) is 4.39 Å². The predicted molar refractivity (Wildman–Crippen MR) is 80.9 cm³/mol. The van der Waals surface area contributed by atoms with Crippen LogP contribution >= 0.6 is 15.9 Å². The van der Waals surface area contributed by atoms with Gasteiger partial charge in [-0.3, -0.25) is 0 Å². The molecule has 0 unspecified atom stereocenters. The largest absolute Gasteiger partial charge is 0.334 e. The predicted octanol–water partition coefficient (Wildman–Crippen LogP) is 4.00. The number of hydrogen-bond donors (Lipinski definition) is 1. The van der Waals surface area contributed by atoms with Gasteiger partial charge in [0.25, 0.3) is 5.89 Å². The minimum Gasteiger partial charge on any atom is -0.334 e. The van der Waals surface area contributed by atoms with Gasteiger partial charge in [0.05, 0.1) is 10.0 Å². The van der Waals surface area contributed by atoms with Crippen LogP contribution in [-0.4, -0.2) is 10.1 Å². The Morgan fingerprint density at radius 1 is 1.38 bits per heavy atom. The van der Waals surface area contributed by atoms with E-state index in [0.717, 1.165) is 25.7 Å². The summed E-state index contributed by atoms with van der Waals surface area (Å²) < 4.78 is 19.0. The van der Waals surface area contributed by atoms with Gasteiger partial charge in [-0.1, -0.05) is 12.1 Å². The first-order chi connectivity index (χ1) is 9.98. The highest BCUT2D eigenvalue weighted by molar-refractivity contribution is 9.10. The highest BCUT2D eigenvalue weighted by Crippen LogP contribution is 2.36. The van der Waals surface area contributed by atoms with Crippen LogP contribution in [-0.2, 0) is 5.54 Å². The van der Waals surface area contributed by atoms with E-state index in [4.69, 9.17) is 10.3 Å². The van der Waals surface area contributed by atoms with Crippen molar-refractivity contribution in [3.8, 4) is 11.5 Å². The molecule has 112 valence electrons. The van der Waals surface area contributed by atoms with E-state index in [1.54, 1.807) is 12.1 Å². The molecule has 1 fully saturated rings. The first-order valence-corrected chi connectivity index (χ1v) is 7.86. The van der Waals surface area contributed by atoms with Crippen molar-refractivity contribution in [1.82, 2.24) is 10.1 Å². The number of benzene rings is 1. The Balaban J connectivity index is 1.87. The molecule has 0 radical (unpaired) electrons. The third-order valence-electron chi connectivity index (χ3n) is 4.20. The van der Waals surface area contributed by atoms with Crippen LogP contribution in [0.15, 0.2) is 27.2 Å². The zero-order chi connectivity index (χ0) is 15.0. The molecular weight excluding hydrogens is 337 g/mol. The van der Waals surface area contributed by atoms with Crippen LogP contribution in [0.1, 0.15) is 38.4 Å². The Morgan fingerprint density at radius 3 is 2.76 bits per heavy atom. The molecule has 1 saturated carbocycles. The van der Waals surface area contributed by atoms with Gasteiger partial charge in [0.15, 0.2) is 5.82 Å². The molecule has 1 aliphatic carbocycles. The van der Waals surface area contributed by atoms with Crippen LogP contribution in [0.2, 0.25) is 0 Å². The lowest BCUT2D eigenvalue weighted by Crippen LogP contribution is -2.41. The summed E-state index contributed by atoms with van der Waals surface area (Å²) in [6.07, 6.45) is 3.87. The Kier molecular flexibility index (Phi) is 3.84. The molecule has 0 atom stereocenters. The molecule has 21 heavy (non-hydrogen) atoms. The Bertz CT molecular complexity index is 650. The van der Waals surface area contributed by atoms with Gasteiger partial charge < -0.3 is 10.3 Å². The maximum atomic E-state index is 13.3. The van der Waals surface area contributed by atoms with E-state index in [0.29, 0.717) is 27.7 Å². The Labute approximate surface area is 131 Å². The maximum Gasteiger partial charge on any atom is 0.258 e. The van der Waals surface area contributed by atoms with Gasteiger partial charge in [-0.15, -0.1) is 0 Å². The SMILES string of the molecule is CC1CCC(N)(c2noc(-c3ccc(F)c(Br)c3)n2)CC1. The fourth-order valence-electron chi connectivity index (χ4n) is 2.67. The van der Waals surface area contributed by atoms with Gasteiger partial charge in [0, 0.05) is 5.56 Å². The highest BCUT2D eigenvalue weighted by atomic mass is 79.9. The topological polar surface area (TPSA) is 64.9 Å². The van der Waals surface area contributed by atoms with Crippen LogP contribution in [0, 0.1) is 11.7 Å². The van der Waals surface area contributed by atoms with Gasteiger partial charge in [0.1, 0.15) is 5.82 Å². The number of halogens is 2. The van der Waals surface area contributed by atoms with Crippen LogP contribution < -0.4 is 5.73 Å². The third kappa shape index (κ3) is 2.87. The van der Waals surface area contributed by atoms with Gasteiger partial charge in [-0.05, 0) is 65.7 Å². The molecule has 0 saturated heterocycles.